The molecule has 0 fully saturated rings. The van der Waals surface area contributed by atoms with E-state index in [-0.39, 0.29) is 6.10 Å². The first-order valence-corrected chi connectivity index (χ1v) is 5.17. The van der Waals surface area contributed by atoms with Crippen molar-refractivity contribution in [3.8, 4) is 0 Å². The zero-order chi connectivity index (χ0) is 13.1. The number of carbonyl (C=O) groups excluding carboxylic acids is 2. The SMILES string of the molecule is CC(C)COC(N)=O.CCC(C)OC(N)=O. The Morgan fingerprint density at radius 3 is 1.75 bits per heavy atom. The van der Waals surface area contributed by atoms with E-state index in [1.54, 1.807) is 6.92 Å². The smallest absolute Gasteiger partial charge is 0.404 e. The Hall–Kier alpha value is -1.46. The summed E-state index contributed by atoms with van der Waals surface area (Å²) in [5.41, 5.74) is 9.39. The van der Waals surface area contributed by atoms with Gasteiger partial charge in [-0.15, -0.1) is 0 Å². The minimum atomic E-state index is -0.696. The molecule has 0 aliphatic carbocycles. The highest BCUT2D eigenvalue weighted by atomic mass is 16.6. The zero-order valence-corrected chi connectivity index (χ0v) is 10.4. The minimum Gasteiger partial charge on any atom is -0.449 e. The van der Waals surface area contributed by atoms with Crippen LogP contribution < -0.4 is 11.5 Å². The average Bonchev–Trinajstić information content (AvgIpc) is 2.14. The summed E-state index contributed by atoms with van der Waals surface area (Å²) in [5, 5.41) is 0. The molecule has 0 aromatic heterocycles. The first kappa shape index (κ1) is 17.0. The van der Waals surface area contributed by atoms with Crippen molar-refractivity contribution in [2.45, 2.75) is 40.2 Å². The highest BCUT2D eigenvalue weighted by Crippen LogP contribution is 1.93. The van der Waals surface area contributed by atoms with E-state index in [1.807, 2.05) is 20.8 Å². The van der Waals surface area contributed by atoms with Crippen molar-refractivity contribution in [1.82, 2.24) is 0 Å². The molecule has 0 aromatic carbocycles. The summed E-state index contributed by atoms with van der Waals surface area (Å²) in [4.78, 5) is 19.9. The van der Waals surface area contributed by atoms with Crippen molar-refractivity contribution in [2.24, 2.45) is 17.4 Å². The first-order valence-electron chi connectivity index (χ1n) is 5.17. The predicted octanol–water partition coefficient (Wildman–Crippen LogP) is 1.62. The molecule has 0 aliphatic rings. The van der Waals surface area contributed by atoms with Gasteiger partial charge < -0.3 is 20.9 Å². The Balaban J connectivity index is 0. The van der Waals surface area contributed by atoms with Gasteiger partial charge >= 0.3 is 12.2 Å². The van der Waals surface area contributed by atoms with Gasteiger partial charge in [0.2, 0.25) is 0 Å². The van der Waals surface area contributed by atoms with Gasteiger partial charge in [0, 0.05) is 0 Å². The fourth-order valence-corrected chi connectivity index (χ4v) is 0.530. The molecular formula is C10H22N2O4. The number of rotatable bonds is 4. The summed E-state index contributed by atoms with van der Waals surface area (Å²) in [6.45, 7) is 8.03. The van der Waals surface area contributed by atoms with E-state index in [0.29, 0.717) is 12.5 Å². The molecule has 0 saturated carbocycles. The number of hydrogen-bond acceptors (Lipinski definition) is 4. The molecule has 1 unspecified atom stereocenters. The van der Waals surface area contributed by atoms with Crippen LogP contribution in [0.4, 0.5) is 9.59 Å². The molecule has 0 rings (SSSR count). The lowest BCUT2D eigenvalue weighted by Gasteiger charge is -2.06. The summed E-state index contributed by atoms with van der Waals surface area (Å²) >= 11 is 0. The summed E-state index contributed by atoms with van der Waals surface area (Å²) in [6.07, 6.45) is -0.631. The Bertz CT molecular complexity index is 207. The highest BCUT2D eigenvalue weighted by Gasteiger charge is 1.99. The largest absolute Gasteiger partial charge is 0.449 e. The van der Waals surface area contributed by atoms with E-state index >= 15 is 0 Å². The molecule has 2 amide bonds. The second kappa shape index (κ2) is 10.1. The van der Waals surface area contributed by atoms with Crippen LogP contribution in [0.15, 0.2) is 0 Å². The maximum absolute atomic E-state index is 9.97. The minimum absolute atomic E-state index is 0.0486. The van der Waals surface area contributed by atoms with E-state index in [2.05, 4.69) is 15.2 Å². The number of amides is 2. The lowest BCUT2D eigenvalue weighted by Crippen LogP contribution is -2.19. The summed E-state index contributed by atoms with van der Waals surface area (Å²) in [6, 6.07) is 0. The van der Waals surface area contributed by atoms with E-state index in [9.17, 15) is 9.59 Å². The van der Waals surface area contributed by atoms with Crippen molar-refractivity contribution in [2.75, 3.05) is 6.61 Å². The maximum atomic E-state index is 9.97. The molecule has 0 bridgehead atoms. The molecule has 0 aliphatic heterocycles. The molecule has 6 nitrogen and oxygen atoms in total. The molecule has 0 saturated heterocycles. The van der Waals surface area contributed by atoms with Gasteiger partial charge in [-0.1, -0.05) is 20.8 Å². The van der Waals surface area contributed by atoms with E-state index in [1.165, 1.54) is 0 Å². The fraction of sp³-hybridized carbons (Fsp3) is 0.800. The van der Waals surface area contributed by atoms with Crippen LogP contribution in [0.1, 0.15) is 34.1 Å². The molecule has 0 radical (unpaired) electrons. The van der Waals surface area contributed by atoms with Crippen LogP contribution in [-0.2, 0) is 9.47 Å². The number of hydrogen-bond donors (Lipinski definition) is 2. The third-order valence-electron chi connectivity index (χ3n) is 1.45. The molecule has 96 valence electrons. The second-order valence-corrected chi connectivity index (χ2v) is 3.68. The third-order valence-corrected chi connectivity index (χ3v) is 1.45. The van der Waals surface area contributed by atoms with Crippen molar-refractivity contribution in [3.63, 3.8) is 0 Å². The van der Waals surface area contributed by atoms with Crippen molar-refractivity contribution in [1.29, 1.82) is 0 Å². The van der Waals surface area contributed by atoms with Crippen LogP contribution in [0.2, 0.25) is 0 Å². The third kappa shape index (κ3) is 18.3. The topological polar surface area (TPSA) is 105 Å². The Kier molecular flexibility index (Phi) is 10.7. The van der Waals surface area contributed by atoms with Gasteiger partial charge in [-0.05, 0) is 19.3 Å². The van der Waals surface area contributed by atoms with Crippen LogP contribution in [0, 0.1) is 5.92 Å². The second-order valence-electron chi connectivity index (χ2n) is 3.68. The maximum Gasteiger partial charge on any atom is 0.404 e. The van der Waals surface area contributed by atoms with Crippen molar-refractivity contribution < 1.29 is 19.1 Å². The first-order chi connectivity index (χ1) is 7.29. The summed E-state index contributed by atoms with van der Waals surface area (Å²) in [7, 11) is 0. The number of ether oxygens (including phenoxy) is 2. The zero-order valence-electron chi connectivity index (χ0n) is 10.4. The van der Waals surface area contributed by atoms with Crippen LogP contribution in [0.25, 0.3) is 0 Å². The fourth-order valence-electron chi connectivity index (χ4n) is 0.530. The quantitative estimate of drug-likeness (QED) is 0.770. The van der Waals surface area contributed by atoms with Gasteiger partial charge in [-0.2, -0.15) is 0 Å². The number of primary amides is 2. The van der Waals surface area contributed by atoms with Crippen LogP contribution in [0.3, 0.4) is 0 Å². The van der Waals surface area contributed by atoms with Crippen LogP contribution >= 0.6 is 0 Å². The molecular weight excluding hydrogens is 212 g/mol. The summed E-state index contributed by atoms with van der Waals surface area (Å²) in [5.74, 6) is 0.363. The normalized spacial score (nSPS) is 11.1. The molecule has 6 heteroatoms. The number of nitrogens with two attached hydrogens (primary N) is 2. The van der Waals surface area contributed by atoms with E-state index < -0.39 is 12.2 Å². The molecule has 0 aromatic rings. The van der Waals surface area contributed by atoms with Crippen molar-refractivity contribution >= 4 is 12.2 Å². The van der Waals surface area contributed by atoms with Crippen LogP contribution in [-0.4, -0.2) is 24.9 Å². The van der Waals surface area contributed by atoms with Gasteiger partial charge in [-0.25, -0.2) is 9.59 Å². The molecule has 4 N–H and O–H groups in total. The standard InChI is InChI=1S/2C5H11NO2/c1-4(2)3-8-5(6)7;1-3-4(2)8-5(6)7/h2*4H,3H2,1-2H3,(H2,6,7). The highest BCUT2D eigenvalue weighted by molar-refractivity contribution is 5.64. The Morgan fingerprint density at radius 2 is 1.62 bits per heavy atom. The molecule has 1 atom stereocenters. The lowest BCUT2D eigenvalue weighted by atomic mass is 10.2. The predicted molar refractivity (Wildman–Crippen MR) is 60.8 cm³/mol. The van der Waals surface area contributed by atoms with E-state index in [0.717, 1.165) is 6.42 Å². The van der Waals surface area contributed by atoms with Gasteiger partial charge in [0.15, 0.2) is 0 Å². The monoisotopic (exact) mass is 234 g/mol. The lowest BCUT2D eigenvalue weighted by molar-refractivity contribution is 0.114. The van der Waals surface area contributed by atoms with Gasteiger partial charge in [0.05, 0.1) is 6.61 Å². The van der Waals surface area contributed by atoms with Crippen LogP contribution in [0.5, 0.6) is 0 Å². The Labute approximate surface area is 96.3 Å². The van der Waals surface area contributed by atoms with Gasteiger partial charge in [0.25, 0.3) is 0 Å². The van der Waals surface area contributed by atoms with E-state index in [4.69, 9.17) is 5.73 Å². The van der Waals surface area contributed by atoms with Gasteiger partial charge in [0.1, 0.15) is 6.10 Å². The molecule has 16 heavy (non-hydrogen) atoms. The average molecular weight is 234 g/mol. The van der Waals surface area contributed by atoms with Gasteiger partial charge in [-0.3, -0.25) is 0 Å². The number of carbonyl (C=O) groups is 2. The summed E-state index contributed by atoms with van der Waals surface area (Å²) < 4.78 is 8.98. The molecule has 0 spiro atoms. The van der Waals surface area contributed by atoms with Crippen molar-refractivity contribution in [3.05, 3.63) is 0 Å². The molecule has 0 heterocycles. The Morgan fingerprint density at radius 1 is 1.12 bits per heavy atom.